The topological polar surface area (TPSA) is 62.3 Å². The van der Waals surface area contributed by atoms with Crippen LogP contribution in [0.3, 0.4) is 0 Å². The van der Waals surface area contributed by atoms with Gasteiger partial charge in [0, 0.05) is 43.2 Å². The molecule has 3 aliphatic heterocycles. The van der Waals surface area contributed by atoms with Crippen LogP contribution in [0.2, 0.25) is 0 Å². The molecule has 6 rings (SSSR count). The largest absolute Gasteiger partial charge is 0.454 e. The summed E-state index contributed by atoms with van der Waals surface area (Å²) in [6.45, 7) is 5.93. The number of benzene rings is 2. The second-order valence-electron chi connectivity index (χ2n) is 9.87. The number of carbonyl (C=O) groups is 2. The Morgan fingerprint density at radius 2 is 1.73 bits per heavy atom. The Kier molecular flexibility index (Phi) is 6.61. The number of nitrogens with zero attached hydrogens (tertiary/aromatic N) is 3. The van der Waals surface area contributed by atoms with Crippen LogP contribution < -0.4 is 9.47 Å². The van der Waals surface area contributed by atoms with Gasteiger partial charge < -0.3 is 19.3 Å². The van der Waals surface area contributed by atoms with Gasteiger partial charge in [-0.05, 0) is 66.1 Å². The zero-order valence-corrected chi connectivity index (χ0v) is 21.8. The van der Waals surface area contributed by atoms with E-state index in [2.05, 4.69) is 47.5 Å². The number of fused-ring (bicyclic) bond motifs is 2. The van der Waals surface area contributed by atoms with E-state index in [1.165, 1.54) is 21.6 Å². The van der Waals surface area contributed by atoms with Gasteiger partial charge in [-0.1, -0.05) is 24.3 Å². The number of hydrogen-bond donors (Lipinski definition) is 0. The summed E-state index contributed by atoms with van der Waals surface area (Å²) >= 11 is 1.81. The Morgan fingerprint density at radius 3 is 2.62 bits per heavy atom. The predicted molar refractivity (Wildman–Crippen MR) is 142 cm³/mol. The highest BCUT2D eigenvalue weighted by Gasteiger charge is 2.33. The summed E-state index contributed by atoms with van der Waals surface area (Å²) < 4.78 is 10.8. The maximum absolute atomic E-state index is 13.6. The van der Waals surface area contributed by atoms with Gasteiger partial charge in [0.1, 0.15) is 0 Å². The van der Waals surface area contributed by atoms with Gasteiger partial charge >= 0.3 is 0 Å². The Labute approximate surface area is 221 Å². The maximum atomic E-state index is 13.6. The van der Waals surface area contributed by atoms with Gasteiger partial charge in [0.2, 0.25) is 12.7 Å². The highest BCUT2D eigenvalue weighted by molar-refractivity contribution is 7.10. The van der Waals surface area contributed by atoms with Gasteiger partial charge in [0.15, 0.2) is 11.5 Å². The van der Waals surface area contributed by atoms with E-state index in [0.29, 0.717) is 49.8 Å². The van der Waals surface area contributed by atoms with Gasteiger partial charge in [-0.3, -0.25) is 14.5 Å². The monoisotopic (exact) mass is 517 g/mol. The maximum Gasteiger partial charge on any atom is 0.254 e. The lowest BCUT2D eigenvalue weighted by Gasteiger charge is -2.37. The number of carbonyl (C=O) groups excluding carboxylic acids is 2. The van der Waals surface area contributed by atoms with Crippen molar-refractivity contribution in [1.29, 1.82) is 0 Å². The van der Waals surface area contributed by atoms with Crippen molar-refractivity contribution in [2.24, 2.45) is 0 Å². The Morgan fingerprint density at radius 1 is 0.919 bits per heavy atom. The lowest BCUT2D eigenvalue weighted by Crippen LogP contribution is -2.45. The molecule has 2 amide bonds. The fourth-order valence-corrected chi connectivity index (χ4v) is 6.56. The van der Waals surface area contributed by atoms with E-state index in [0.717, 1.165) is 19.4 Å². The Balaban J connectivity index is 1.14. The molecule has 0 unspecified atom stereocenters. The van der Waals surface area contributed by atoms with Crippen molar-refractivity contribution in [1.82, 2.24) is 14.7 Å². The molecule has 0 saturated carbocycles. The summed E-state index contributed by atoms with van der Waals surface area (Å²) in [5.74, 6) is 1.37. The molecule has 37 heavy (non-hydrogen) atoms. The second-order valence-corrected chi connectivity index (χ2v) is 10.9. The van der Waals surface area contributed by atoms with Crippen LogP contribution >= 0.6 is 11.3 Å². The fraction of sp³-hybridized carbons (Fsp3) is 0.379. The van der Waals surface area contributed by atoms with Gasteiger partial charge in [-0.2, -0.15) is 0 Å². The molecular weight excluding hydrogens is 486 g/mol. The average Bonchev–Trinajstić information content (AvgIpc) is 3.51. The number of thiophene rings is 1. The van der Waals surface area contributed by atoms with E-state index in [-0.39, 0.29) is 24.6 Å². The highest BCUT2D eigenvalue weighted by Crippen LogP contribution is 2.39. The predicted octanol–water partition coefficient (Wildman–Crippen LogP) is 4.11. The molecule has 0 aliphatic carbocycles. The minimum Gasteiger partial charge on any atom is -0.454 e. The van der Waals surface area contributed by atoms with Gasteiger partial charge in [0.05, 0.1) is 12.6 Å². The number of ether oxygens (including phenoxy) is 2. The van der Waals surface area contributed by atoms with Crippen LogP contribution in [0, 0.1) is 6.92 Å². The van der Waals surface area contributed by atoms with E-state index in [1.807, 2.05) is 21.1 Å². The Bertz CT molecular complexity index is 1320. The molecule has 1 aromatic heterocycles. The average molecular weight is 518 g/mol. The molecule has 1 fully saturated rings. The summed E-state index contributed by atoms with van der Waals surface area (Å²) in [5, 5.41) is 2.17. The lowest BCUT2D eigenvalue weighted by molar-refractivity contribution is -0.132. The summed E-state index contributed by atoms with van der Waals surface area (Å²) in [5.41, 5.74) is 4.43. The molecule has 2 aromatic carbocycles. The smallest absolute Gasteiger partial charge is 0.254 e. The molecule has 192 valence electrons. The minimum atomic E-state index is -0.0340. The van der Waals surface area contributed by atoms with Gasteiger partial charge in [-0.15, -0.1) is 11.3 Å². The molecule has 1 saturated heterocycles. The zero-order valence-electron chi connectivity index (χ0n) is 21.0. The first-order chi connectivity index (χ1) is 18.1. The summed E-state index contributed by atoms with van der Waals surface area (Å²) in [4.78, 5) is 34.3. The SMILES string of the molecule is Cc1ccccc1[C@@H]1c2ccsc2CCN1CC(=O)N1CCCN(C(=O)c2ccc3c(c2)OCO3)CC1. The zero-order chi connectivity index (χ0) is 25.4. The van der Waals surface area contributed by atoms with Crippen LogP contribution in [0.5, 0.6) is 11.5 Å². The number of amides is 2. The molecular formula is C29H31N3O4S. The first-order valence-corrected chi connectivity index (χ1v) is 13.8. The van der Waals surface area contributed by atoms with Crippen molar-refractivity contribution in [3.8, 4) is 11.5 Å². The highest BCUT2D eigenvalue weighted by atomic mass is 32.1. The van der Waals surface area contributed by atoms with Gasteiger partial charge in [-0.25, -0.2) is 0 Å². The Hall–Kier alpha value is -3.36. The molecule has 3 aliphatic rings. The third-order valence-corrected chi connectivity index (χ3v) is 8.64. The van der Waals surface area contributed by atoms with Crippen molar-refractivity contribution >= 4 is 23.2 Å². The summed E-state index contributed by atoms with van der Waals surface area (Å²) in [7, 11) is 0. The first kappa shape index (κ1) is 24.0. The number of aryl methyl sites for hydroxylation is 1. The molecule has 0 bridgehead atoms. The lowest BCUT2D eigenvalue weighted by atomic mass is 9.90. The van der Waals surface area contributed by atoms with Crippen LogP contribution in [-0.4, -0.2) is 72.6 Å². The van der Waals surface area contributed by atoms with Crippen LogP contribution in [0.1, 0.15) is 44.4 Å². The molecule has 0 spiro atoms. The molecule has 0 radical (unpaired) electrons. The first-order valence-electron chi connectivity index (χ1n) is 12.9. The van der Waals surface area contributed by atoms with Crippen LogP contribution in [0.15, 0.2) is 53.9 Å². The van der Waals surface area contributed by atoms with Crippen LogP contribution in [-0.2, 0) is 11.2 Å². The molecule has 7 nitrogen and oxygen atoms in total. The van der Waals surface area contributed by atoms with Crippen molar-refractivity contribution in [2.45, 2.75) is 25.8 Å². The van der Waals surface area contributed by atoms with Crippen molar-refractivity contribution in [3.63, 3.8) is 0 Å². The van der Waals surface area contributed by atoms with E-state index >= 15 is 0 Å². The third-order valence-electron chi connectivity index (χ3n) is 7.64. The number of rotatable bonds is 4. The van der Waals surface area contributed by atoms with Crippen molar-refractivity contribution in [2.75, 3.05) is 46.1 Å². The molecule has 1 atom stereocenters. The minimum absolute atomic E-state index is 0.0340. The molecule has 4 heterocycles. The van der Waals surface area contributed by atoms with Crippen LogP contribution in [0.25, 0.3) is 0 Å². The van der Waals surface area contributed by atoms with E-state index in [1.54, 1.807) is 18.2 Å². The molecule has 3 aromatic rings. The standard InChI is InChI=1S/C29H31N3O4S/c1-20-5-2-3-6-22(20)28-23-10-16-37-26(23)9-13-32(28)18-27(33)30-11-4-12-31(15-14-30)29(34)21-7-8-24-25(17-21)36-19-35-24/h2-3,5-8,10,16-17,28H,4,9,11-15,18-19H2,1H3/t28-/m1/s1. The number of hydrogen-bond acceptors (Lipinski definition) is 6. The van der Waals surface area contributed by atoms with Crippen molar-refractivity contribution in [3.05, 3.63) is 81.0 Å². The van der Waals surface area contributed by atoms with E-state index in [9.17, 15) is 9.59 Å². The summed E-state index contributed by atoms with van der Waals surface area (Å²) in [6, 6.07) is 16.1. The quantitative estimate of drug-likeness (QED) is 0.521. The molecule has 8 heteroatoms. The van der Waals surface area contributed by atoms with Crippen LogP contribution in [0.4, 0.5) is 0 Å². The van der Waals surface area contributed by atoms with E-state index in [4.69, 9.17) is 9.47 Å². The van der Waals surface area contributed by atoms with Gasteiger partial charge in [0.25, 0.3) is 5.91 Å². The van der Waals surface area contributed by atoms with Crippen molar-refractivity contribution < 1.29 is 19.1 Å². The molecule has 0 N–H and O–H groups in total. The van der Waals surface area contributed by atoms with E-state index < -0.39 is 0 Å². The normalized spacial score (nSPS) is 19.4. The third kappa shape index (κ3) is 4.71. The fourth-order valence-electron chi connectivity index (χ4n) is 5.65. The summed E-state index contributed by atoms with van der Waals surface area (Å²) in [6.07, 6.45) is 1.73. The second kappa shape index (κ2) is 10.2.